The molecule has 0 radical (unpaired) electrons. The van der Waals surface area contributed by atoms with Crippen molar-refractivity contribution < 1.29 is 0 Å². The van der Waals surface area contributed by atoms with Crippen LogP contribution in [0.4, 0.5) is 5.69 Å². The van der Waals surface area contributed by atoms with Gasteiger partial charge < -0.3 is 10.6 Å². The normalized spacial score (nSPS) is 18.0. The van der Waals surface area contributed by atoms with E-state index in [-0.39, 0.29) is 11.5 Å². The monoisotopic (exact) mass is 229 g/mol. The molecule has 0 aromatic carbocycles. The summed E-state index contributed by atoms with van der Waals surface area (Å²) < 4.78 is 0. The van der Waals surface area contributed by atoms with E-state index in [4.69, 9.17) is 11.0 Å². The quantitative estimate of drug-likeness (QED) is 0.475. The Kier molecular flexibility index (Phi) is 2.96. The Morgan fingerprint density at radius 3 is 2.88 bits per heavy atom. The maximum Gasteiger partial charge on any atom is 0.212 e. The Labute approximate surface area is 101 Å². The van der Waals surface area contributed by atoms with Crippen LogP contribution in [-0.2, 0) is 0 Å². The second-order valence-corrected chi connectivity index (χ2v) is 4.47. The van der Waals surface area contributed by atoms with Gasteiger partial charge in [-0.05, 0) is 38.3 Å². The van der Waals surface area contributed by atoms with E-state index < -0.39 is 0 Å². The molecule has 2 rings (SSSR count). The number of nitrogens with zero attached hydrogens (tertiary/aromatic N) is 4. The predicted octanol–water partition coefficient (Wildman–Crippen LogP) is 1.63. The Bertz CT molecular complexity index is 456. The molecule has 1 aromatic rings. The van der Waals surface area contributed by atoms with E-state index in [0.29, 0.717) is 0 Å². The second-order valence-electron chi connectivity index (χ2n) is 4.47. The first-order valence-electron chi connectivity index (χ1n) is 5.60. The molecule has 0 unspecified atom stereocenters. The summed E-state index contributed by atoms with van der Waals surface area (Å²) in [6.45, 7) is 2.13. The van der Waals surface area contributed by atoms with Crippen molar-refractivity contribution >= 4 is 11.6 Å². The molecule has 1 saturated carbocycles. The summed E-state index contributed by atoms with van der Waals surface area (Å²) >= 11 is 0. The number of hydrogen-bond acceptors (Lipinski definition) is 3. The van der Waals surface area contributed by atoms with Crippen LogP contribution in [0.2, 0.25) is 0 Å². The van der Waals surface area contributed by atoms with E-state index in [1.807, 2.05) is 17.0 Å². The first-order chi connectivity index (χ1) is 8.17. The van der Waals surface area contributed by atoms with E-state index in [1.54, 1.807) is 18.6 Å². The zero-order valence-corrected chi connectivity index (χ0v) is 9.80. The Balaban J connectivity index is 2.38. The van der Waals surface area contributed by atoms with E-state index in [0.717, 1.165) is 18.5 Å². The molecule has 2 N–H and O–H groups in total. The fraction of sp³-hybridized carbons (Fsp3) is 0.417. The molecule has 1 fully saturated rings. The number of nitriles is 1. The molecule has 0 amide bonds. The smallest absolute Gasteiger partial charge is 0.212 e. The number of anilines is 1. The second kappa shape index (κ2) is 4.42. The topological polar surface area (TPSA) is 78.3 Å². The van der Waals surface area contributed by atoms with E-state index in [9.17, 15) is 0 Å². The number of aromatic nitrogens is 1. The Morgan fingerprint density at radius 1 is 1.65 bits per heavy atom. The number of nitrogens with two attached hydrogens (primary N) is 1. The summed E-state index contributed by atoms with van der Waals surface area (Å²) in [5, 5.41) is 8.63. The third-order valence-corrected chi connectivity index (χ3v) is 3.27. The molecule has 0 spiro atoms. The molecule has 5 heteroatoms. The average Bonchev–Trinajstić information content (AvgIpc) is 2.29. The van der Waals surface area contributed by atoms with Gasteiger partial charge in [0.25, 0.3) is 0 Å². The Hall–Kier alpha value is -2.09. The molecule has 0 atom stereocenters. The summed E-state index contributed by atoms with van der Waals surface area (Å²) in [4.78, 5) is 9.64. The molecule has 1 aromatic heterocycles. The van der Waals surface area contributed by atoms with Crippen LogP contribution in [0.5, 0.6) is 0 Å². The molecule has 0 saturated heterocycles. The molecule has 0 bridgehead atoms. The Morgan fingerprint density at radius 2 is 2.41 bits per heavy atom. The van der Waals surface area contributed by atoms with Crippen LogP contribution in [0.3, 0.4) is 0 Å². The minimum atomic E-state index is -0.0481. The van der Waals surface area contributed by atoms with Crippen LogP contribution in [0.15, 0.2) is 29.5 Å². The minimum absolute atomic E-state index is 0.0481. The van der Waals surface area contributed by atoms with Gasteiger partial charge in [-0.3, -0.25) is 4.98 Å². The molecule has 1 aliphatic rings. The lowest BCUT2D eigenvalue weighted by Gasteiger charge is -2.48. The third-order valence-electron chi connectivity index (χ3n) is 3.27. The third kappa shape index (κ3) is 2.07. The SMILES string of the molecule is CC1(N(C(N)=NC#N)c2cccnc2)CCC1. The van der Waals surface area contributed by atoms with Crippen molar-refractivity contribution in [1.29, 1.82) is 5.26 Å². The van der Waals surface area contributed by atoms with Crippen LogP contribution in [0.25, 0.3) is 0 Å². The number of guanidine groups is 1. The van der Waals surface area contributed by atoms with E-state index in [2.05, 4.69) is 16.9 Å². The highest BCUT2D eigenvalue weighted by atomic mass is 15.3. The standard InChI is InChI=1S/C12H15N5/c1-12(5-3-6-12)17(11(14)16-9-13)10-4-2-7-15-8-10/h2,4,7-8H,3,5-6H2,1H3,(H2,14,16). The van der Waals surface area contributed by atoms with Crippen LogP contribution < -0.4 is 10.6 Å². The van der Waals surface area contributed by atoms with Crippen molar-refractivity contribution in [2.45, 2.75) is 31.7 Å². The molecule has 0 aliphatic heterocycles. The van der Waals surface area contributed by atoms with Gasteiger partial charge in [-0.2, -0.15) is 5.26 Å². The van der Waals surface area contributed by atoms with Gasteiger partial charge in [-0.25, -0.2) is 0 Å². The number of aliphatic imine (C=N–C) groups is 1. The van der Waals surface area contributed by atoms with Gasteiger partial charge in [0.15, 0.2) is 0 Å². The maximum atomic E-state index is 8.63. The minimum Gasteiger partial charge on any atom is -0.369 e. The summed E-state index contributed by atoms with van der Waals surface area (Å²) in [6, 6.07) is 3.78. The van der Waals surface area contributed by atoms with Crippen molar-refractivity contribution in [3.8, 4) is 6.19 Å². The number of rotatable bonds is 2. The summed E-state index contributed by atoms with van der Waals surface area (Å²) in [5.41, 5.74) is 6.71. The lowest BCUT2D eigenvalue weighted by Crippen LogP contribution is -2.57. The molecule has 1 aliphatic carbocycles. The maximum absolute atomic E-state index is 8.63. The van der Waals surface area contributed by atoms with Crippen molar-refractivity contribution in [1.82, 2.24) is 4.98 Å². The van der Waals surface area contributed by atoms with Crippen molar-refractivity contribution in [3.63, 3.8) is 0 Å². The van der Waals surface area contributed by atoms with Crippen LogP contribution >= 0.6 is 0 Å². The number of pyridine rings is 1. The number of hydrogen-bond donors (Lipinski definition) is 1. The highest BCUT2D eigenvalue weighted by Gasteiger charge is 2.40. The van der Waals surface area contributed by atoms with Crippen molar-refractivity contribution in [3.05, 3.63) is 24.5 Å². The first kappa shape index (κ1) is 11.4. The lowest BCUT2D eigenvalue weighted by molar-refractivity contribution is 0.277. The van der Waals surface area contributed by atoms with Crippen molar-refractivity contribution in [2.24, 2.45) is 10.7 Å². The predicted molar refractivity (Wildman–Crippen MR) is 66.2 cm³/mol. The molecular weight excluding hydrogens is 214 g/mol. The highest BCUT2D eigenvalue weighted by molar-refractivity contribution is 5.96. The molecule has 5 nitrogen and oxygen atoms in total. The van der Waals surface area contributed by atoms with Gasteiger partial charge in [-0.1, -0.05) is 0 Å². The van der Waals surface area contributed by atoms with E-state index in [1.165, 1.54) is 6.42 Å². The summed E-state index contributed by atoms with van der Waals surface area (Å²) in [6.07, 6.45) is 8.45. The summed E-state index contributed by atoms with van der Waals surface area (Å²) in [7, 11) is 0. The molecule has 88 valence electrons. The lowest BCUT2D eigenvalue weighted by atomic mass is 9.77. The zero-order chi connectivity index (χ0) is 12.3. The zero-order valence-electron chi connectivity index (χ0n) is 9.80. The largest absolute Gasteiger partial charge is 0.369 e. The van der Waals surface area contributed by atoms with Gasteiger partial charge in [-0.15, -0.1) is 4.99 Å². The molecule has 17 heavy (non-hydrogen) atoms. The molecule has 1 heterocycles. The average molecular weight is 229 g/mol. The van der Waals surface area contributed by atoms with Crippen molar-refractivity contribution in [2.75, 3.05) is 4.90 Å². The van der Waals surface area contributed by atoms with Crippen LogP contribution in [-0.4, -0.2) is 16.5 Å². The highest BCUT2D eigenvalue weighted by Crippen LogP contribution is 2.39. The fourth-order valence-electron chi connectivity index (χ4n) is 2.22. The van der Waals surface area contributed by atoms with Crippen LogP contribution in [0.1, 0.15) is 26.2 Å². The fourth-order valence-corrected chi connectivity index (χ4v) is 2.22. The van der Waals surface area contributed by atoms with Gasteiger partial charge in [0.1, 0.15) is 0 Å². The van der Waals surface area contributed by atoms with E-state index >= 15 is 0 Å². The van der Waals surface area contributed by atoms with Gasteiger partial charge in [0.2, 0.25) is 12.2 Å². The molecular formula is C12H15N5. The van der Waals surface area contributed by atoms with Gasteiger partial charge in [0, 0.05) is 11.7 Å². The van der Waals surface area contributed by atoms with Crippen LogP contribution in [0, 0.1) is 11.5 Å². The first-order valence-corrected chi connectivity index (χ1v) is 5.60. The summed E-state index contributed by atoms with van der Waals surface area (Å²) in [5.74, 6) is 0.239. The van der Waals surface area contributed by atoms with Gasteiger partial charge >= 0.3 is 0 Å². The van der Waals surface area contributed by atoms with Gasteiger partial charge in [0.05, 0.1) is 11.9 Å².